The number of aromatic hydroxyl groups is 1. The highest BCUT2D eigenvalue weighted by Gasteiger charge is 2.05. The largest absolute Gasteiger partial charge is 0.508 e. The first-order valence-electron chi connectivity index (χ1n) is 13.3. The Bertz CT molecular complexity index is 1320. The zero-order valence-corrected chi connectivity index (χ0v) is 22.6. The Labute approximate surface area is 239 Å². The summed E-state index contributed by atoms with van der Waals surface area (Å²) in [5.74, 6) is 1.60. The molecule has 9 nitrogen and oxygen atoms in total. The summed E-state index contributed by atoms with van der Waals surface area (Å²) in [6, 6.07) is 29.4. The summed E-state index contributed by atoms with van der Waals surface area (Å²) < 4.78 is 27.7. The molecule has 0 heterocycles. The summed E-state index contributed by atoms with van der Waals surface area (Å²) >= 11 is 0. The van der Waals surface area contributed by atoms with Gasteiger partial charge in [-0.3, -0.25) is 10.1 Å². The molecule has 4 aromatic carbocycles. The van der Waals surface area contributed by atoms with Gasteiger partial charge in [-0.2, -0.15) is 0 Å². The van der Waals surface area contributed by atoms with Gasteiger partial charge in [-0.25, -0.2) is 0 Å². The van der Waals surface area contributed by atoms with Gasteiger partial charge in [-0.15, -0.1) is 0 Å². The van der Waals surface area contributed by atoms with E-state index in [2.05, 4.69) is 24.3 Å². The number of rotatable bonds is 17. The first-order chi connectivity index (χ1) is 20.1. The van der Waals surface area contributed by atoms with Gasteiger partial charge < -0.3 is 28.8 Å². The van der Waals surface area contributed by atoms with E-state index < -0.39 is 4.92 Å². The van der Waals surface area contributed by atoms with Crippen molar-refractivity contribution in [2.75, 3.05) is 52.9 Å². The summed E-state index contributed by atoms with van der Waals surface area (Å²) in [6.07, 6.45) is 0. The average molecular weight is 560 g/mol. The van der Waals surface area contributed by atoms with Crippen molar-refractivity contribution in [3.05, 3.63) is 107 Å². The molecule has 0 aliphatic rings. The molecule has 214 valence electrons. The van der Waals surface area contributed by atoms with E-state index >= 15 is 0 Å². The van der Waals surface area contributed by atoms with E-state index in [0.29, 0.717) is 58.6 Å². The van der Waals surface area contributed by atoms with Gasteiger partial charge >= 0.3 is 0 Å². The Morgan fingerprint density at radius 3 is 1.20 bits per heavy atom. The van der Waals surface area contributed by atoms with E-state index in [1.807, 2.05) is 36.4 Å². The first-order valence-corrected chi connectivity index (χ1v) is 13.3. The monoisotopic (exact) mass is 559 g/mol. The molecule has 41 heavy (non-hydrogen) atoms. The summed E-state index contributed by atoms with van der Waals surface area (Å²) in [6.45, 7) is 3.45. The average Bonchev–Trinajstić information content (AvgIpc) is 3.00. The molecular weight excluding hydrogens is 526 g/mol. The molecule has 1 N–H and O–H groups in total. The highest BCUT2D eigenvalue weighted by atomic mass is 16.6. The molecule has 0 aliphatic carbocycles. The van der Waals surface area contributed by atoms with Crippen LogP contribution in [-0.2, 0) is 14.2 Å². The lowest BCUT2D eigenvalue weighted by molar-refractivity contribution is -0.384. The van der Waals surface area contributed by atoms with Crippen molar-refractivity contribution in [1.29, 1.82) is 0 Å². The first kappa shape index (κ1) is 29.5. The second kappa shape index (κ2) is 16.0. The van der Waals surface area contributed by atoms with Gasteiger partial charge in [0.1, 0.15) is 30.5 Å². The molecular formula is C32H33NO8. The van der Waals surface area contributed by atoms with E-state index in [-0.39, 0.29) is 11.4 Å². The quantitative estimate of drug-likeness (QED) is 0.0933. The zero-order chi connectivity index (χ0) is 28.7. The molecule has 0 radical (unpaired) electrons. The number of nitro groups is 1. The molecule has 0 unspecified atom stereocenters. The van der Waals surface area contributed by atoms with Crippen molar-refractivity contribution in [3.8, 4) is 39.5 Å². The van der Waals surface area contributed by atoms with E-state index in [1.165, 1.54) is 12.1 Å². The summed E-state index contributed by atoms with van der Waals surface area (Å²) in [7, 11) is 0. The molecule has 4 aromatic rings. The molecule has 0 spiro atoms. The predicted octanol–water partition coefficient (Wildman–Crippen LogP) is 6.14. The predicted molar refractivity (Wildman–Crippen MR) is 156 cm³/mol. The van der Waals surface area contributed by atoms with Crippen molar-refractivity contribution in [2.45, 2.75) is 0 Å². The lowest BCUT2D eigenvalue weighted by Gasteiger charge is -2.10. The molecule has 0 bridgehead atoms. The fourth-order valence-corrected chi connectivity index (χ4v) is 3.90. The van der Waals surface area contributed by atoms with Crippen LogP contribution in [-0.4, -0.2) is 62.9 Å². The molecule has 4 rings (SSSR count). The van der Waals surface area contributed by atoms with Crippen molar-refractivity contribution >= 4 is 5.69 Å². The number of phenols is 1. The third-order valence-electron chi connectivity index (χ3n) is 6.06. The number of benzene rings is 4. The molecule has 0 atom stereocenters. The maximum Gasteiger partial charge on any atom is 0.269 e. The molecule has 0 fully saturated rings. The van der Waals surface area contributed by atoms with Crippen LogP contribution in [0.15, 0.2) is 97.1 Å². The Kier molecular flexibility index (Phi) is 11.5. The van der Waals surface area contributed by atoms with E-state index in [9.17, 15) is 15.2 Å². The van der Waals surface area contributed by atoms with Crippen LogP contribution in [0.25, 0.3) is 22.3 Å². The summed E-state index contributed by atoms with van der Waals surface area (Å²) in [5.41, 5.74) is 4.39. The van der Waals surface area contributed by atoms with Gasteiger partial charge in [0.05, 0.1) is 44.6 Å². The maximum atomic E-state index is 10.6. The van der Waals surface area contributed by atoms with Crippen LogP contribution in [0.2, 0.25) is 0 Å². The van der Waals surface area contributed by atoms with Gasteiger partial charge in [0, 0.05) is 12.1 Å². The normalized spacial score (nSPS) is 10.8. The van der Waals surface area contributed by atoms with Crippen LogP contribution in [0.1, 0.15) is 0 Å². The van der Waals surface area contributed by atoms with Crippen LogP contribution < -0.4 is 9.47 Å². The molecule has 9 heteroatoms. The van der Waals surface area contributed by atoms with Crippen molar-refractivity contribution in [3.63, 3.8) is 0 Å². The van der Waals surface area contributed by atoms with Gasteiger partial charge in [0.15, 0.2) is 0 Å². The Hall–Kier alpha value is -4.44. The highest BCUT2D eigenvalue weighted by molar-refractivity contribution is 5.71. The van der Waals surface area contributed by atoms with Crippen molar-refractivity contribution in [2.24, 2.45) is 0 Å². The standard InChI is InChI=1S/C32H33NO8/c34-30-11-5-27(6-12-30)25-1-3-26(4-2-25)28-7-13-31(14-8-28)40-23-21-38-19-17-37-18-20-39-22-24-41-32-15-9-29(10-16-32)33(35)36/h1-16,34H,17-24H2. The van der Waals surface area contributed by atoms with E-state index in [4.69, 9.17) is 23.7 Å². The Morgan fingerprint density at radius 2 is 0.805 bits per heavy atom. The minimum Gasteiger partial charge on any atom is -0.508 e. The van der Waals surface area contributed by atoms with Crippen molar-refractivity contribution < 1.29 is 33.7 Å². The topological polar surface area (TPSA) is 110 Å². The third kappa shape index (κ3) is 9.91. The maximum absolute atomic E-state index is 10.6. The molecule has 0 aliphatic heterocycles. The molecule has 0 aromatic heterocycles. The zero-order valence-electron chi connectivity index (χ0n) is 22.6. The second-order valence-electron chi connectivity index (χ2n) is 8.93. The number of non-ortho nitro benzene ring substituents is 1. The van der Waals surface area contributed by atoms with E-state index in [1.54, 1.807) is 24.3 Å². The SMILES string of the molecule is O=[N+]([O-])c1ccc(OCCOCCOCCOCCOc2ccc(-c3ccc(-c4ccc(O)cc4)cc3)cc2)cc1. The third-order valence-corrected chi connectivity index (χ3v) is 6.06. The van der Waals surface area contributed by atoms with Crippen LogP contribution in [0, 0.1) is 10.1 Å². The van der Waals surface area contributed by atoms with Gasteiger partial charge in [-0.1, -0.05) is 48.5 Å². The summed E-state index contributed by atoms with van der Waals surface area (Å²) in [5, 5.41) is 20.1. The number of phenolic OH excluding ortho intramolecular Hbond substituents is 1. The second-order valence-corrected chi connectivity index (χ2v) is 8.93. The highest BCUT2D eigenvalue weighted by Crippen LogP contribution is 2.27. The number of ether oxygens (including phenoxy) is 5. The number of hydrogen-bond acceptors (Lipinski definition) is 8. The minimum atomic E-state index is -0.449. The number of nitrogens with zero attached hydrogens (tertiary/aromatic N) is 1. The van der Waals surface area contributed by atoms with Crippen LogP contribution in [0.3, 0.4) is 0 Å². The van der Waals surface area contributed by atoms with Crippen molar-refractivity contribution in [1.82, 2.24) is 0 Å². The molecule has 0 amide bonds. The van der Waals surface area contributed by atoms with Gasteiger partial charge in [-0.05, 0) is 58.7 Å². The van der Waals surface area contributed by atoms with Crippen LogP contribution in [0.5, 0.6) is 17.2 Å². The van der Waals surface area contributed by atoms with Crippen LogP contribution >= 0.6 is 0 Å². The van der Waals surface area contributed by atoms with Gasteiger partial charge in [0.25, 0.3) is 5.69 Å². The molecule has 0 saturated carbocycles. The Morgan fingerprint density at radius 1 is 0.488 bits per heavy atom. The fraction of sp³-hybridized carbons (Fsp3) is 0.250. The number of nitro benzene ring substituents is 1. The van der Waals surface area contributed by atoms with Gasteiger partial charge in [0.2, 0.25) is 0 Å². The number of hydrogen-bond donors (Lipinski definition) is 1. The summed E-state index contributed by atoms with van der Waals surface area (Å²) in [4.78, 5) is 10.2. The van der Waals surface area contributed by atoms with Crippen LogP contribution in [0.4, 0.5) is 5.69 Å². The lowest BCUT2D eigenvalue weighted by atomic mass is 10.0. The fourth-order valence-electron chi connectivity index (χ4n) is 3.90. The Balaban J connectivity index is 1.00. The van der Waals surface area contributed by atoms with E-state index in [0.717, 1.165) is 28.0 Å². The lowest BCUT2D eigenvalue weighted by Crippen LogP contribution is -2.14. The molecule has 0 saturated heterocycles. The smallest absolute Gasteiger partial charge is 0.269 e. The minimum absolute atomic E-state index is 0.0274.